The molecule has 0 aliphatic heterocycles. The predicted octanol–water partition coefficient (Wildman–Crippen LogP) is -6.83. The van der Waals surface area contributed by atoms with E-state index in [9.17, 15) is 40.9 Å². The molecule has 0 aliphatic carbocycles. The van der Waals surface area contributed by atoms with E-state index >= 15 is 0 Å². The van der Waals surface area contributed by atoms with Crippen molar-refractivity contribution < 1.29 is 65.3 Å². The zero-order valence-electron chi connectivity index (χ0n) is 19.8. The van der Waals surface area contributed by atoms with Crippen molar-refractivity contribution in [2.24, 2.45) is 5.73 Å². The molecular formula is C20H44N2O13. The summed E-state index contributed by atoms with van der Waals surface area (Å²) in [6.07, 6.45) is -14.1. The quantitative estimate of drug-likeness (QED) is 0.0559. The van der Waals surface area contributed by atoms with E-state index in [1.165, 1.54) is 4.90 Å². The number of aliphatic hydroxyl groups is 10. The summed E-state index contributed by atoms with van der Waals surface area (Å²) in [6.45, 7) is -0.218. The SMILES string of the molecule is NCCOCCOCCOCCN(C[C@H](O)[C@@H](O)[C@H](O)[C@H](O)CO)C[C@H](O)[C@@H](O)[C@H](O)[C@H](O)CO. The second kappa shape index (κ2) is 20.5. The lowest BCUT2D eigenvalue weighted by molar-refractivity contribution is -0.131. The van der Waals surface area contributed by atoms with Crippen molar-refractivity contribution >= 4 is 0 Å². The topological polar surface area (TPSA) is 259 Å². The molecule has 0 heterocycles. The van der Waals surface area contributed by atoms with Crippen LogP contribution in [0, 0.1) is 0 Å². The van der Waals surface area contributed by atoms with E-state index in [1.807, 2.05) is 0 Å². The maximum atomic E-state index is 10.3. The average Bonchev–Trinajstić information content (AvgIpc) is 2.86. The molecule has 8 atom stereocenters. The Balaban J connectivity index is 4.79. The molecule has 15 nitrogen and oxygen atoms in total. The van der Waals surface area contributed by atoms with E-state index in [4.69, 9.17) is 30.2 Å². The van der Waals surface area contributed by atoms with Crippen LogP contribution in [0.15, 0.2) is 0 Å². The van der Waals surface area contributed by atoms with Crippen LogP contribution >= 0.6 is 0 Å². The van der Waals surface area contributed by atoms with E-state index in [2.05, 4.69) is 0 Å². The van der Waals surface area contributed by atoms with Gasteiger partial charge >= 0.3 is 0 Å². The molecule has 0 bridgehead atoms. The Morgan fingerprint density at radius 3 is 1.23 bits per heavy atom. The van der Waals surface area contributed by atoms with E-state index < -0.39 is 62.0 Å². The van der Waals surface area contributed by atoms with Crippen LogP contribution in [0.5, 0.6) is 0 Å². The van der Waals surface area contributed by atoms with Gasteiger partial charge in [-0.05, 0) is 0 Å². The summed E-state index contributed by atoms with van der Waals surface area (Å²) < 4.78 is 15.9. The van der Waals surface area contributed by atoms with Gasteiger partial charge in [0.25, 0.3) is 0 Å². The van der Waals surface area contributed by atoms with Crippen LogP contribution in [0.25, 0.3) is 0 Å². The van der Waals surface area contributed by atoms with Gasteiger partial charge in [0.05, 0.1) is 65.1 Å². The monoisotopic (exact) mass is 520 g/mol. The maximum absolute atomic E-state index is 10.3. The molecule has 0 fully saturated rings. The first-order chi connectivity index (χ1) is 16.6. The Labute approximate surface area is 204 Å². The molecule has 0 saturated carbocycles. The molecule has 0 amide bonds. The Morgan fingerprint density at radius 1 is 0.514 bits per heavy atom. The third-order valence-electron chi connectivity index (χ3n) is 5.10. The fraction of sp³-hybridized carbons (Fsp3) is 1.00. The average molecular weight is 521 g/mol. The van der Waals surface area contributed by atoms with E-state index in [0.29, 0.717) is 26.4 Å². The number of hydrogen-bond acceptors (Lipinski definition) is 15. The van der Waals surface area contributed by atoms with Gasteiger partial charge in [-0.1, -0.05) is 0 Å². The van der Waals surface area contributed by atoms with E-state index in [0.717, 1.165) is 0 Å². The Hall–Kier alpha value is -0.600. The molecule has 12 N–H and O–H groups in total. The van der Waals surface area contributed by atoms with Gasteiger partial charge in [0.1, 0.15) is 36.6 Å². The van der Waals surface area contributed by atoms with Crippen LogP contribution in [0.3, 0.4) is 0 Å². The Kier molecular flexibility index (Phi) is 20.1. The molecule has 15 heteroatoms. The van der Waals surface area contributed by atoms with Crippen molar-refractivity contribution in [1.82, 2.24) is 4.90 Å². The number of ether oxygens (including phenoxy) is 3. The summed E-state index contributed by atoms with van der Waals surface area (Å²) in [5.41, 5.74) is 5.29. The molecule has 0 spiro atoms. The highest BCUT2D eigenvalue weighted by atomic mass is 16.5. The lowest BCUT2D eigenvalue weighted by atomic mass is 10.0. The molecule has 0 saturated heterocycles. The van der Waals surface area contributed by atoms with Crippen molar-refractivity contribution in [1.29, 1.82) is 0 Å². The Morgan fingerprint density at radius 2 is 0.857 bits per heavy atom. The van der Waals surface area contributed by atoms with Crippen molar-refractivity contribution in [2.75, 3.05) is 79.0 Å². The molecule has 0 radical (unpaired) electrons. The van der Waals surface area contributed by atoms with Gasteiger partial charge in [0, 0.05) is 26.2 Å². The zero-order valence-corrected chi connectivity index (χ0v) is 19.8. The van der Waals surface area contributed by atoms with Gasteiger partial charge in [0.15, 0.2) is 0 Å². The van der Waals surface area contributed by atoms with Gasteiger partial charge in [0.2, 0.25) is 0 Å². The van der Waals surface area contributed by atoms with Crippen molar-refractivity contribution in [3.05, 3.63) is 0 Å². The third-order valence-corrected chi connectivity index (χ3v) is 5.10. The normalized spacial score (nSPS) is 19.2. The first-order valence-electron chi connectivity index (χ1n) is 11.4. The van der Waals surface area contributed by atoms with Crippen molar-refractivity contribution in [2.45, 2.75) is 48.8 Å². The van der Waals surface area contributed by atoms with Crippen LogP contribution in [0.4, 0.5) is 0 Å². The maximum Gasteiger partial charge on any atom is 0.111 e. The van der Waals surface area contributed by atoms with Crippen LogP contribution in [-0.4, -0.2) is 184 Å². The van der Waals surface area contributed by atoms with Gasteiger partial charge in [-0.2, -0.15) is 0 Å². The molecule has 212 valence electrons. The minimum atomic E-state index is -1.85. The number of aliphatic hydroxyl groups excluding tert-OH is 10. The summed E-state index contributed by atoms with van der Waals surface area (Å²) in [6, 6.07) is 0. The van der Waals surface area contributed by atoms with Gasteiger partial charge in [-0.15, -0.1) is 0 Å². The molecule has 0 aromatic rings. The number of hydrogen-bond donors (Lipinski definition) is 11. The Bertz CT molecular complexity index is 466. The highest BCUT2D eigenvalue weighted by Gasteiger charge is 2.34. The molecule has 35 heavy (non-hydrogen) atoms. The van der Waals surface area contributed by atoms with Crippen LogP contribution < -0.4 is 5.73 Å². The smallest absolute Gasteiger partial charge is 0.111 e. The molecule has 0 unspecified atom stereocenters. The van der Waals surface area contributed by atoms with Crippen molar-refractivity contribution in [3.8, 4) is 0 Å². The van der Waals surface area contributed by atoms with Gasteiger partial charge < -0.3 is 71.0 Å². The molecular weight excluding hydrogens is 476 g/mol. The summed E-state index contributed by atoms with van der Waals surface area (Å²) >= 11 is 0. The molecule has 0 aliphatic rings. The molecule has 0 aromatic heterocycles. The summed E-state index contributed by atoms with van der Waals surface area (Å²) in [4.78, 5) is 1.35. The van der Waals surface area contributed by atoms with E-state index in [1.54, 1.807) is 0 Å². The fourth-order valence-electron chi connectivity index (χ4n) is 2.95. The minimum Gasteiger partial charge on any atom is -0.394 e. The van der Waals surface area contributed by atoms with Crippen LogP contribution in [0.2, 0.25) is 0 Å². The van der Waals surface area contributed by atoms with Gasteiger partial charge in [-0.3, -0.25) is 4.90 Å². The highest BCUT2D eigenvalue weighted by molar-refractivity contribution is 4.86. The second-order valence-electron chi connectivity index (χ2n) is 7.98. The van der Waals surface area contributed by atoms with Crippen molar-refractivity contribution in [3.63, 3.8) is 0 Å². The highest BCUT2D eigenvalue weighted by Crippen LogP contribution is 2.10. The van der Waals surface area contributed by atoms with Crippen LogP contribution in [-0.2, 0) is 14.2 Å². The second-order valence-corrected chi connectivity index (χ2v) is 7.98. The van der Waals surface area contributed by atoms with Gasteiger partial charge in [-0.25, -0.2) is 0 Å². The first-order valence-corrected chi connectivity index (χ1v) is 11.4. The molecule has 0 aromatic carbocycles. The summed E-state index contributed by atoms with van der Waals surface area (Å²) in [7, 11) is 0. The van der Waals surface area contributed by atoms with E-state index in [-0.39, 0.29) is 39.5 Å². The minimum absolute atomic E-state index is 0.0600. The zero-order chi connectivity index (χ0) is 26.8. The standard InChI is InChI=1S/C20H44N2O13/c21-1-3-33-5-7-35-8-6-34-4-2-22(9-13(25)17(29)19(31)15(27)11-23)10-14(26)18(30)20(32)16(28)12-24/h13-20,23-32H,1-12,21H2/t13-,14-,15+,16+,17+,18+,19+,20+/m0/s1. The molecule has 0 rings (SSSR count). The largest absolute Gasteiger partial charge is 0.394 e. The first kappa shape index (κ1) is 34.4. The number of nitrogens with zero attached hydrogens (tertiary/aromatic N) is 1. The fourth-order valence-corrected chi connectivity index (χ4v) is 2.95. The van der Waals surface area contributed by atoms with Crippen LogP contribution in [0.1, 0.15) is 0 Å². The lowest BCUT2D eigenvalue weighted by Crippen LogP contribution is -2.53. The predicted molar refractivity (Wildman–Crippen MR) is 120 cm³/mol. The lowest BCUT2D eigenvalue weighted by Gasteiger charge is -2.33. The number of rotatable bonds is 23. The third kappa shape index (κ3) is 14.7. The summed E-state index contributed by atoms with van der Waals surface area (Å²) in [5.74, 6) is 0. The number of nitrogens with two attached hydrogens (primary N) is 1. The summed E-state index contributed by atoms with van der Waals surface area (Å²) in [5, 5.41) is 96.9.